The molecule has 0 spiro atoms. The van der Waals surface area contributed by atoms with E-state index in [-0.39, 0.29) is 5.91 Å². The minimum absolute atomic E-state index is 0.0459. The Bertz CT molecular complexity index is 697. The Morgan fingerprint density at radius 2 is 2.10 bits per heavy atom. The van der Waals surface area contributed by atoms with Crippen LogP contribution in [0.3, 0.4) is 0 Å². The standard InChI is InChI=1S/C18H24N2O/c1-11-12(2)19-16-14(11)6-5-7-15(16)17(21)20-13-8-9-18(3,4)10-13/h5-7,13,19H,8-10H2,1-4H3,(H,20,21). The van der Waals surface area contributed by atoms with Crippen molar-refractivity contribution >= 4 is 16.8 Å². The Morgan fingerprint density at radius 3 is 2.76 bits per heavy atom. The van der Waals surface area contributed by atoms with E-state index in [9.17, 15) is 4.79 Å². The summed E-state index contributed by atoms with van der Waals surface area (Å²) < 4.78 is 0. The van der Waals surface area contributed by atoms with Gasteiger partial charge in [0.15, 0.2) is 0 Å². The molecule has 0 radical (unpaired) electrons. The molecular formula is C18H24N2O. The number of benzene rings is 1. The van der Waals surface area contributed by atoms with Crippen molar-refractivity contribution in [2.24, 2.45) is 5.41 Å². The highest BCUT2D eigenvalue weighted by Crippen LogP contribution is 2.37. The lowest BCUT2D eigenvalue weighted by Gasteiger charge is -2.18. The predicted molar refractivity (Wildman–Crippen MR) is 86.7 cm³/mol. The second-order valence-electron chi connectivity index (χ2n) is 7.18. The van der Waals surface area contributed by atoms with E-state index >= 15 is 0 Å². The summed E-state index contributed by atoms with van der Waals surface area (Å²) in [6.07, 6.45) is 3.33. The second-order valence-corrected chi connectivity index (χ2v) is 7.18. The molecule has 112 valence electrons. The van der Waals surface area contributed by atoms with Gasteiger partial charge in [-0.2, -0.15) is 0 Å². The summed E-state index contributed by atoms with van der Waals surface area (Å²) in [6.45, 7) is 8.70. The van der Waals surface area contributed by atoms with E-state index in [0.29, 0.717) is 11.5 Å². The van der Waals surface area contributed by atoms with E-state index in [1.165, 1.54) is 12.0 Å². The molecule has 1 amide bonds. The van der Waals surface area contributed by atoms with Crippen molar-refractivity contribution in [2.45, 2.75) is 53.0 Å². The van der Waals surface area contributed by atoms with Crippen LogP contribution in [0.4, 0.5) is 0 Å². The van der Waals surface area contributed by atoms with Crippen molar-refractivity contribution in [3.05, 3.63) is 35.0 Å². The fourth-order valence-electron chi connectivity index (χ4n) is 3.49. The van der Waals surface area contributed by atoms with E-state index in [1.807, 2.05) is 12.1 Å². The lowest BCUT2D eigenvalue weighted by molar-refractivity contribution is 0.0937. The maximum Gasteiger partial charge on any atom is 0.253 e. The normalized spacial score (nSPS) is 20.9. The van der Waals surface area contributed by atoms with Crippen molar-refractivity contribution in [1.29, 1.82) is 0 Å². The molecule has 1 heterocycles. The van der Waals surface area contributed by atoms with Crippen LogP contribution in [0.1, 0.15) is 54.7 Å². The highest BCUT2D eigenvalue weighted by Gasteiger charge is 2.32. The first-order valence-electron chi connectivity index (χ1n) is 7.76. The van der Waals surface area contributed by atoms with Crippen LogP contribution in [0, 0.1) is 19.3 Å². The van der Waals surface area contributed by atoms with Crippen LogP contribution >= 0.6 is 0 Å². The topological polar surface area (TPSA) is 44.9 Å². The molecule has 0 saturated heterocycles. The smallest absolute Gasteiger partial charge is 0.253 e. The molecule has 3 rings (SSSR count). The summed E-state index contributed by atoms with van der Waals surface area (Å²) in [4.78, 5) is 16.0. The van der Waals surface area contributed by atoms with Crippen LogP contribution in [0.5, 0.6) is 0 Å². The SMILES string of the molecule is Cc1[nH]c2c(C(=O)NC3CCC(C)(C)C3)cccc2c1C. The van der Waals surface area contributed by atoms with E-state index in [4.69, 9.17) is 0 Å². The van der Waals surface area contributed by atoms with Gasteiger partial charge in [0, 0.05) is 17.1 Å². The number of H-pyrrole nitrogens is 1. The van der Waals surface area contributed by atoms with Crippen LogP contribution < -0.4 is 5.32 Å². The molecule has 1 aromatic carbocycles. The number of amides is 1. The maximum absolute atomic E-state index is 12.6. The summed E-state index contributed by atoms with van der Waals surface area (Å²) in [5, 5.41) is 4.36. The number of rotatable bonds is 2. The molecule has 3 nitrogen and oxygen atoms in total. The number of nitrogens with one attached hydrogen (secondary N) is 2. The van der Waals surface area contributed by atoms with Gasteiger partial charge >= 0.3 is 0 Å². The van der Waals surface area contributed by atoms with Gasteiger partial charge in [0.05, 0.1) is 11.1 Å². The van der Waals surface area contributed by atoms with Crippen LogP contribution in [0.15, 0.2) is 18.2 Å². The molecule has 1 fully saturated rings. The highest BCUT2D eigenvalue weighted by molar-refractivity contribution is 6.06. The minimum atomic E-state index is 0.0459. The second kappa shape index (κ2) is 4.90. The number of fused-ring (bicyclic) bond motifs is 1. The fourth-order valence-corrected chi connectivity index (χ4v) is 3.49. The number of hydrogen-bond donors (Lipinski definition) is 2. The summed E-state index contributed by atoms with van der Waals surface area (Å²) in [5.41, 5.74) is 4.42. The summed E-state index contributed by atoms with van der Waals surface area (Å²) in [7, 11) is 0. The van der Waals surface area contributed by atoms with Crippen molar-refractivity contribution in [3.8, 4) is 0 Å². The Morgan fingerprint density at radius 1 is 1.33 bits per heavy atom. The van der Waals surface area contributed by atoms with Gasteiger partial charge in [0.1, 0.15) is 0 Å². The maximum atomic E-state index is 12.6. The first-order chi connectivity index (χ1) is 9.87. The molecule has 1 aromatic heterocycles. The lowest BCUT2D eigenvalue weighted by Crippen LogP contribution is -2.33. The largest absolute Gasteiger partial charge is 0.358 e. The molecule has 0 aliphatic heterocycles. The third-order valence-electron chi connectivity index (χ3n) is 4.89. The molecule has 1 atom stereocenters. The van der Waals surface area contributed by atoms with Gasteiger partial charge in [-0.25, -0.2) is 0 Å². The number of aromatic amines is 1. The van der Waals surface area contributed by atoms with E-state index in [2.05, 4.69) is 44.1 Å². The average molecular weight is 284 g/mol. The van der Waals surface area contributed by atoms with Crippen LogP contribution in [0.25, 0.3) is 10.9 Å². The first-order valence-corrected chi connectivity index (χ1v) is 7.76. The van der Waals surface area contributed by atoms with Gasteiger partial charge < -0.3 is 10.3 Å². The third kappa shape index (κ3) is 2.57. The van der Waals surface area contributed by atoms with Gasteiger partial charge in [-0.15, -0.1) is 0 Å². The monoisotopic (exact) mass is 284 g/mol. The van der Waals surface area contributed by atoms with Gasteiger partial charge in [0.25, 0.3) is 5.91 Å². The number of carbonyl (C=O) groups excluding carboxylic acids is 1. The number of aromatic nitrogens is 1. The minimum Gasteiger partial charge on any atom is -0.358 e. The summed E-state index contributed by atoms with van der Waals surface area (Å²) in [5.74, 6) is 0.0459. The average Bonchev–Trinajstić information content (AvgIpc) is 2.90. The van der Waals surface area contributed by atoms with Crippen LogP contribution in [0.2, 0.25) is 0 Å². The van der Waals surface area contributed by atoms with Crippen molar-refractivity contribution in [2.75, 3.05) is 0 Å². The van der Waals surface area contributed by atoms with Gasteiger partial charge in [-0.1, -0.05) is 26.0 Å². The molecule has 1 aliphatic rings. The Hall–Kier alpha value is -1.77. The van der Waals surface area contributed by atoms with Gasteiger partial charge in [-0.05, 0) is 50.2 Å². The third-order valence-corrected chi connectivity index (χ3v) is 4.89. The van der Waals surface area contributed by atoms with Gasteiger partial charge in [0.2, 0.25) is 0 Å². The van der Waals surface area contributed by atoms with Crippen molar-refractivity contribution in [1.82, 2.24) is 10.3 Å². The Kier molecular flexibility index (Phi) is 3.31. The molecule has 3 heteroatoms. The highest BCUT2D eigenvalue weighted by atomic mass is 16.1. The molecule has 1 saturated carbocycles. The van der Waals surface area contributed by atoms with Crippen LogP contribution in [-0.2, 0) is 0 Å². The van der Waals surface area contributed by atoms with Gasteiger partial charge in [-0.3, -0.25) is 4.79 Å². The molecular weight excluding hydrogens is 260 g/mol. The quantitative estimate of drug-likeness (QED) is 0.857. The van der Waals surface area contributed by atoms with Crippen LogP contribution in [-0.4, -0.2) is 16.9 Å². The zero-order chi connectivity index (χ0) is 15.2. The lowest BCUT2D eigenvalue weighted by atomic mass is 9.92. The fraction of sp³-hybridized carbons (Fsp3) is 0.500. The zero-order valence-electron chi connectivity index (χ0n) is 13.3. The number of aryl methyl sites for hydroxylation is 2. The molecule has 2 aromatic rings. The zero-order valence-corrected chi connectivity index (χ0v) is 13.3. The van der Waals surface area contributed by atoms with E-state index in [0.717, 1.165) is 35.0 Å². The molecule has 0 bridgehead atoms. The van der Waals surface area contributed by atoms with Crippen molar-refractivity contribution in [3.63, 3.8) is 0 Å². The predicted octanol–water partition coefficient (Wildman–Crippen LogP) is 4.09. The Labute approximate surface area is 126 Å². The van der Waals surface area contributed by atoms with E-state index < -0.39 is 0 Å². The number of para-hydroxylation sites is 1. The number of carbonyl (C=O) groups is 1. The molecule has 1 unspecified atom stereocenters. The number of hydrogen-bond acceptors (Lipinski definition) is 1. The first kappa shape index (κ1) is 14.2. The summed E-state index contributed by atoms with van der Waals surface area (Å²) >= 11 is 0. The Balaban J connectivity index is 1.87. The molecule has 1 aliphatic carbocycles. The van der Waals surface area contributed by atoms with Crippen molar-refractivity contribution < 1.29 is 4.79 Å². The molecule has 2 N–H and O–H groups in total. The van der Waals surface area contributed by atoms with E-state index in [1.54, 1.807) is 0 Å². The summed E-state index contributed by atoms with van der Waals surface area (Å²) in [6, 6.07) is 6.26. The molecule has 21 heavy (non-hydrogen) atoms.